The number of benzene rings is 1. The van der Waals surface area contributed by atoms with Gasteiger partial charge in [0, 0.05) is 23.3 Å². The molecule has 0 aromatic heterocycles. The summed E-state index contributed by atoms with van der Waals surface area (Å²) in [6.45, 7) is 0. The Bertz CT molecular complexity index is 582. The first-order valence-corrected chi connectivity index (χ1v) is 6.74. The van der Waals surface area contributed by atoms with Crippen LogP contribution in [0.2, 0.25) is 5.02 Å². The minimum atomic E-state index is -4.09. The van der Waals surface area contributed by atoms with Crippen LogP contribution in [-0.4, -0.2) is 25.5 Å². The van der Waals surface area contributed by atoms with Crippen LogP contribution >= 0.6 is 11.6 Å². The summed E-state index contributed by atoms with van der Waals surface area (Å²) in [6.07, 6.45) is 0.263. The number of carbonyl (C=O) groups is 1. The summed E-state index contributed by atoms with van der Waals surface area (Å²) in [7, 11) is -4.09. The molecule has 16 heavy (non-hydrogen) atoms. The van der Waals surface area contributed by atoms with Gasteiger partial charge in [-0.25, -0.2) is 12.8 Å². The summed E-state index contributed by atoms with van der Waals surface area (Å²) in [6, 6.07) is 4.21. The Morgan fingerprint density at radius 2 is 2.06 bits per heavy atom. The second kappa shape index (κ2) is 3.28. The number of halogens is 2. The molecule has 0 fully saturated rings. The predicted molar refractivity (Wildman–Crippen MR) is 58.2 cm³/mol. The maximum atomic E-state index is 14.2. The van der Waals surface area contributed by atoms with E-state index in [9.17, 15) is 17.6 Å². The second-order valence-corrected chi connectivity index (χ2v) is 6.44. The van der Waals surface area contributed by atoms with Crippen molar-refractivity contribution in [1.82, 2.24) is 0 Å². The average molecular weight is 263 g/mol. The molecule has 1 unspecified atom stereocenters. The summed E-state index contributed by atoms with van der Waals surface area (Å²) < 4.78 is 36.7. The lowest BCUT2D eigenvalue weighted by Crippen LogP contribution is -2.39. The van der Waals surface area contributed by atoms with Crippen molar-refractivity contribution in [2.75, 3.05) is 6.26 Å². The fourth-order valence-corrected chi connectivity index (χ4v) is 2.81. The van der Waals surface area contributed by atoms with Gasteiger partial charge in [0.15, 0.2) is 9.84 Å². The summed E-state index contributed by atoms with van der Waals surface area (Å²) in [5.74, 6) is -0.998. The fourth-order valence-electron chi connectivity index (χ4n) is 1.76. The SMILES string of the molecule is CS(=O)(=O)C1(F)Cc2cc(Cl)ccc2C1=O. The first kappa shape index (κ1) is 11.5. The standard InChI is InChI=1S/C10H8ClFO3S/c1-16(14,15)10(12)5-6-4-7(11)2-3-8(6)9(10)13/h2-4H,5H2,1H3. The van der Waals surface area contributed by atoms with Crippen molar-refractivity contribution >= 4 is 27.2 Å². The highest BCUT2D eigenvalue weighted by molar-refractivity contribution is 7.92. The van der Waals surface area contributed by atoms with Gasteiger partial charge in [0.05, 0.1) is 0 Å². The summed E-state index contributed by atoms with van der Waals surface area (Å²) in [4.78, 5) is 11.7. The molecule has 1 aliphatic rings. The van der Waals surface area contributed by atoms with E-state index in [0.717, 1.165) is 6.26 Å². The minimum Gasteiger partial charge on any atom is -0.289 e. The van der Waals surface area contributed by atoms with Crippen molar-refractivity contribution in [1.29, 1.82) is 0 Å². The van der Waals surface area contributed by atoms with Crippen molar-refractivity contribution in [3.8, 4) is 0 Å². The van der Waals surface area contributed by atoms with Crippen LogP contribution in [0.15, 0.2) is 18.2 Å². The van der Waals surface area contributed by atoms with Gasteiger partial charge in [-0.2, -0.15) is 0 Å². The maximum Gasteiger partial charge on any atom is 0.276 e. The van der Waals surface area contributed by atoms with Crippen molar-refractivity contribution in [3.05, 3.63) is 34.3 Å². The number of rotatable bonds is 1. The van der Waals surface area contributed by atoms with Gasteiger partial charge in [0.2, 0.25) is 5.78 Å². The highest BCUT2D eigenvalue weighted by Gasteiger charge is 2.54. The van der Waals surface area contributed by atoms with Crippen molar-refractivity contribution in [2.24, 2.45) is 0 Å². The number of hydrogen-bond donors (Lipinski definition) is 0. The summed E-state index contributed by atoms with van der Waals surface area (Å²) >= 11 is 5.70. The topological polar surface area (TPSA) is 51.2 Å². The maximum absolute atomic E-state index is 14.2. The lowest BCUT2D eigenvalue weighted by Gasteiger charge is -2.14. The minimum absolute atomic E-state index is 0.0947. The molecule has 2 rings (SSSR count). The summed E-state index contributed by atoms with van der Waals surface area (Å²) in [5, 5.41) is -2.48. The molecule has 0 bridgehead atoms. The van der Waals surface area contributed by atoms with Crippen molar-refractivity contribution in [3.63, 3.8) is 0 Å². The Hall–Kier alpha value is -0.940. The molecule has 3 nitrogen and oxygen atoms in total. The molecule has 0 saturated heterocycles. The molecular weight excluding hydrogens is 255 g/mol. The van der Waals surface area contributed by atoms with Crippen LogP contribution in [0.25, 0.3) is 0 Å². The molecular formula is C10H8ClFO3S. The third kappa shape index (κ3) is 1.46. The smallest absolute Gasteiger partial charge is 0.276 e. The Balaban J connectivity index is 2.62. The van der Waals surface area contributed by atoms with Crippen molar-refractivity contribution in [2.45, 2.75) is 11.4 Å². The van der Waals surface area contributed by atoms with E-state index in [4.69, 9.17) is 11.6 Å². The zero-order chi connectivity index (χ0) is 12.1. The van der Waals surface area contributed by atoms with Gasteiger partial charge in [0.25, 0.3) is 5.00 Å². The Morgan fingerprint density at radius 3 is 2.62 bits per heavy atom. The monoisotopic (exact) mass is 262 g/mol. The number of hydrogen-bond acceptors (Lipinski definition) is 3. The van der Waals surface area contributed by atoms with E-state index in [2.05, 4.69) is 0 Å². The molecule has 0 saturated carbocycles. The Kier molecular flexibility index (Phi) is 2.36. The van der Waals surface area contributed by atoms with Gasteiger partial charge in [-0.1, -0.05) is 11.6 Å². The number of alkyl halides is 1. The molecule has 6 heteroatoms. The molecule has 0 radical (unpaired) electrons. The Labute approximate surface area is 97.1 Å². The van der Waals surface area contributed by atoms with E-state index < -0.39 is 27.0 Å². The van der Waals surface area contributed by atoms with Gasteiger partial charge in [-0.05, 0) is 23.8 Å². The first-order valence-electron chi connectivity index (χ1n) is 4.47. The van der Waals surface area contributed by atoms with Crippen LogP contribution in [0.3, 0.4) is 0 Å². The molecule has 0 heterocycles. The molecule has 0 N–H and O–H groups in total. The van der Waals surface area contributed by atoms with E-state index in [0.29, 0.717) is 10.6 Å². The van der Waals surface area contributed by atoms with Crippen LogP contribution in [0, 0.1) is 0 Å². The Morgan fingerprint density at radius 1 is 1.44 bits per heavy atom. The van der Waals surface area contributed by atoms with Gasteiger partial charge in [-0.15, -0.1) is 0 Å². The highest BCUT2D eigenvalue weighted by Crippen LogP contribution is 2.37. The number of fused-ring (bicyclic) bond motifs is 1. The molecule has 86 valence electrons. The molecule has 0 aliphatic heterocycles. The van der Waals surface area contributed by atoms with Crippen LogP contribution < -0.4 is 0 Å². The van der Waals surface area contributed by atoms with Gasteiger partial charge < -0.3 is 0 Å². The predicted octanol–water partition coefficient (Wildman–Crippen LogP) is 1.79. The quantitative estimate of drug-likeness (QED) is 0.775. The number of ketones is 1. The molecule has 0 amide bonds. The zero-order valence-corrected chi connectivity index (χ0v) is 9.90. The van der Waals surface area contributed by atoms with Crippen LogP contribution in [-0.2, 0) is 16.3 Å². The molecule has 0 spiro atoms. The number of sulfone groups is 1. The van der Waals surface area contributed by atoms with Gasteiger partial charge in [0.1, 0.15) is 0 Å². The highest BCUT2D eigenvalue weighted by atomic mass is 35.5. The third-order valence-electron chi connectivity index (χ3n) is 2.66. The fraction of sp³-hybridized carbons (Fsp3) is 0.300. The van der Waals surface area contributed by atoms with Gasteiger partial charge in [-0.3, -0.25) is 4.79 Å². The third-order valence-corrected chi connectivity index (χ3v) is 4.40. The lowest BCUT2D eigenvalue weighted by atomic mass is 10.1. The second-order valence-electron chi connectivity index (χ2n) is 3.81. The van der Waals surface area contributed by atoms with E-state index >= 15 is 0 Å². The molecule has 1 aliphatic carbocycles. The average Bonchev–Trinajstić information content (AvgIpc) is 2.39. The zero-order valence-electron chi connectivity index (χ0n) is 8.33. The van der Waals surface area contributed by atoms with E-state index in [1.165, 1.54) is 18.2 Å². The van der Waals surface area contributed by atoms with E-state index in [1.54, 1.807) is 0 Å². The summed E-state index contributed by atoms with van der Waals surface area (Å²) in [5.41, 5.74) is 0.433. The van der Waals surface area contributed by atoms with E-state index in [1.807, 2.05) is 0 Å². The van der Waals surface area contributed by atoms with E-state index in [-0.39, 0.29) is 5.56 Å². The van der Waals surface area contributed by atoms with Crippen molar-refractivity contribution < 1.29 is 17.6 Å². The molecule has 1 aromatic rings. The normalized spacial score (nSPS) is 24.6. The lowest BCUT2D eigenvalue weighted by molar-refractivity contribution is 0.0853. The number of Topliss-reactive ketones (excluding diaryl/α,β-unsaturated/α-hetero) is 1. The van der Waals surface area contributed by atoms with Crippen LogP contribution in [0.4, 0.5) is 4.39 Å². The van der Waals surface area contributed by atoms with Crippen LogP contribution in [0.5, 0.6) is 0 Å². The largest absolute Gasteiger partial charge is 0.289 e. The molecule has 1 aromatic carbocycles. The first-order chi connectivity index (χ1) is 7.25. The molecule has 1 atom stereocenters. The number of carbonyl (C=O) groups excluding carboxylic acids is 1. The van der Waals surface area contributed by atoms with Crippen LogP contribution in [0.1, 0.15) is 15.9 Å². The van der Waals surface area contributed by atoms with Gasteiger partial charge >= 0.3 is 0 Å².